The molecular formula is C51H92O4. The van der Waals surface area contributed by atoms with Crippen molar-refractivity contribution in [2.24, 2.45) is 0 Å². The smallest absolute Gasteiger partial charge is 0.306 e. The van der Waals surface area contributed by atoms with Crippen LogP contribution in [0.3, 0.4) is 0 Å². The van der Waals surface area contributed by atoms with Crippen molar-refractivity contribution in [1.29, 1.82) is 0 Å². The summed E-state index contributed by atoms with van der Waals surface area (Å²) in [4.78, 5) is 12.2. The highest BCUT2D eigenvalue weighted by molar-refractivity contribution is 5.69. The number of carbonyl (C=O) groups is 1. The summed E-state index contributed by atoms with van der Waals surface area (Å²) in [5.74, 6) is -0.208. The quantitative estimate of drug-likeness (QED) is 0.0381. The van der Waals surface area contributed by atoms with E-state index < -0.39 is 6.10 Å². The minimum Gasteiger partial charge on any atom is -0.457 e. The lowest BCUT2D eigenvalue weighted by Crippen LogP contribution is -2.27. The Bertz CT molecular complexity index is 900. The molecule has 0 saturated carbocycles. The van der Waals surface area contributed by atoms with Gasteiger partial charge in [0.2, 0.25) is 0 Å². The predicted octanol–water partition coefficient (Wildman–Crippen LogP) is 16.0. The van der Waals surface area contributed by atoms with Crippen molar-refractivity contribution in [2.45, 2.75) is 238 Å². The van der Waals surface area contributed by atoms with Crippen molar-refractivity contribution in [3.05, 3.63) is 60.8 Å². The summed E-state index contributed by atoms with van der Waals surface area (Å²) in [6, 6.07) is 0. The predicted molar refractivity (Wildman–Crippen MR) is 242 cm³/mol. The van der Waals surface area contributed by atoms with E-state index >= 15 is 0 Å². The number of ether oxygens (including phenoxy) is 2. The number of unbranched alkanes of at least 4 members (excludes halogenated alkanes) is 26. The van der Waals surface area contributed by atoms with Crippen LogP contribution >= 0.6 is 0 Å². The maximum atomic E-state index is 12.2. The Kier molecular flexibility index (Phi) is 46.6. The van der Waals surface area contributed by atoms with Crippen molar-refractivity contribution in [1.82, 2.24) is 0 Å². The molecule has 0 aromatic rings. The Labute approximate surface area is 343 Å². The normalized spacial score (nSPS) is 12.9. The molecule has 1 atom stereocenters. The average Bonchev–Trinajstić information content (AvgIpc) is 3.19. The van der Waals surface area contributed by atoms with Gasteiger partial charge in [0.25, 0.3) is 0 Å². The third kappa shape index (κ3) is 46.4. The first-order chi connectivity index (χ1) is 27.2. The van der Waals surface area contributed by atoms with E-state index in [9.17, 15) is 9.90 Å². The number of aliphatic hydroxyl groups is 1. The van der Waals surface area contributed by atoms with Crippen molar-refractivity contribution in [3.63, 3.8) is 0 Å². The lowest BCUT2D eigenvalue weighted by Gasteiger charge is -2.16. The fourth-order valence-corrected chi connectivity index (χ4v) is 6.72. The minimum absolute atomic E-state index is 0.179. The first-order valence-electron chi connectivity index (χ1n) is 23.9. The molecule has 1 unspecified atom stereocenters. The Hall–Kier alpha value is -1.91. The molecule has 0 aromatic carbocycles. The van der Waals surface area contributed by atoms with Crippen LogP contribution in [0.1, 0.15) is 232 Å². The zero-order chi connectivity index (χ0) is 39.8. The second kappa shape index (κ2) is 48.2. The van der Waals surface area contributed by atoms with Crippen molar-refractivity contribution in [2.75, 3.05) is 19.8 Å². The van der Waals surface area contributed by atoms with Gasteiger partial charge in [-0.2, -0.15) is 0 Å². The molecule has 4 nitrogen and oxygen atoms in total. The van der Waals surface area contributed by atoms with Crippen LogP contribution < -0.4 is 0 Å². The zero-order valence-corrected chi connectivity index (χ0v) is 36.7. The topological polar surface area (TPSA) is 55.8 Å². The summed E-state index contributed by atoms with van der Waals surface area (Å²) >= 11 is 0. The van der Waals surface area contributed by atoms with E-state index in [4.69, 9.17) is 9.47 Å². The molecule has 0 aromatic heterocycles. The van der Waals surface area contributed by atoms with E-state index in [1.54, 1.807) is 0 Å². The molecule has 0 aliphatic rings. The molecule has 1 N–H and O–H groups in total. The number of carbonyl (C=O) groups excluding carboxylic acids is 1. The SMILES string of the molecule is CCCCCCC/C=C\C/C=C\C/C=C\CCCCCCCCCOCC(CO)OC(=O)CCCCCCCCCCC/C=C\C/C=C\CCCCCCC. The van der Waals surface area contributed by atoms with E-state index in [0.29, 0.717) is 13.0 Å². The van der Waals surface area contributed by atoms with Gasteiger partial charge in [-0.3, -0.25) is 4.79 Å². The summed E-state index contributed by atoms with van der Waals surface area (Å²) in [7, 11) is 0. The van der Waals surface area contributed by atoms with Crippen LogP contribution in [-0.2, 0) is 14.3 Å². The van der Waals surface area contributed by atoms with Gasteiger partial charge in [-0.25, -0.2) is 0 Å². The van der Waals surface area contributed by atoms with Crippen molar-refractivity contribution < 1.29 is 19.4 Å². The van der Waals surface area contributed by atoms with Gasteiger partial charge in [-0.05, 0) is 83.5 Å². The van der Waals surface area contributed by atoms with Crippen LogP contribution in [0.4, 0.5) is 0 Å². The van der Waals surface area contributed by atoms with Crippen LogP contribution in [0, 0.1) is 0 Å². The molecule has 0 aliphatic carbocycles. The summed E-state index contributed by atoms with van der Waals surface area (Å²) in [5.41, 5.74) is 0. The van der Waals surface area contributed by atoms with E-state index in [1.165, 1.54) is 173 Å². The Balaban J connectivity index is 3.46. The molecule has 0 saturated heterocycles. The van der Waals surface area contributed by atoms with E-state index in [0.717, 1.165) is 38.5 Å². The van der Waals surface area contributed by atoms with Gasteiger partial charge in [-0.15, -0.1) is 0 Å². The summed E-state index contributed by atoms with van der Waals surface area (Å²) < 4.78 is 11.2. The largest absolute Gasteiger partial charge is 0.457 e. The standard InChI is InChI=1S/C51H92O4/c1-3-5-7-9-11-13-15-17-19-21-23-25-27-29-31-33-35-37-39-41-43-45-47-54-49-50(48-52)55-51(53)46-44-42-40-38-36-34-32-30-28-26-24-22-20-18-16-14-12-10-8-6-4-2/h15-18,21-24,27,29,50,52H,3-14,19-20,25-26,28,30-49H2,1-2H3/b17-15-,18-16-,23-21-,24-22-,29-27-. The highest BCUT2D eigenvalue weighted by Gasteiger charge is 2.13. The van der Waals surface area contributed by atoms with Crippen LogP contribution in [0.2, 0.25) is 0 Å². The summed E-state index contributed by atoms with van der Waals surface area (Å²) in [6.45, 7) is 5.31. The molecular weight excluding hydrogens is 677 g/mol. The number of hydrogen-bond donors (Lipinski definition) is 1. The molecule has 0 radical (unpaired) electrons. The lowest BCUT2D eigenvalue weighted by atomic mass is 10.1. The van der Waals surface area contributed by atoms with Gasteiger partial charge < -0.3 is 14.6 Å². The third-order valence-corrected chi connectivity index (χ3v) is 10.3. The van der Waals surface area contributed by atoms with Gasteiger partial charge in [0.1, 0.15) is 6.10 Å². The highest BCUT2D eigenvalue weighted by Crippen LogP contribution is 2.14. The van der Waals surface area contributed by atoms with Crippen molar-refractivity contribution >= 4 is 5.97 Å². The van der Waals surface area contributed by atoms with Crippen molar-refractivity contribution in [3.8, 4) is 0 Å². The number of rotatable bonds is 44. The molecule has 0 aliphatic heterocycles. The number of allylic oxidation sites excluding steroid dienone is 10. The first-order valence-corrected chi connectivity index (χ1v) is 23.9. The van der Waals surface area contributed by atoms with Gasteiger partial charge in [0, 0.05) is 13.0 Å². The fraction of sp³-hybridized carbons (Fsp3) is 0.784. The Morgan fingerprint density at radius 2 is 0.764 bits per heavy atom. The highest BCUT2D eigenvalue weighted by atomic mass is 16.6. The second-order valence-corrected chi connectivity index (χ2v) is 15.8. The molecule has 0 heterocycles. The molecule has 0 bridgehead atoms. The van der Waals surface area contributed by atoms with Gasteiger partial charge in [0.05, 0.1) is 13.2 Å². The maximum Gasteiger partial charge on any atom is 0.306 e. The number of esters is 1. The maximum absolute atomic E-state index is 12.2. The monoisotopic (exact) mass is 769 g/mol. The molecule has 0 spiro atoms. The molecule has 0 fully saturated rings. The molecule has 4 heteroatoms. The first kappa shape index (κ1) is 53.1. The molecule has 0 rings (SSSR count). The Morgan fingerprint density at radius 1 is 0.436 bits per heavy atom. The van der Waals surface area contributed by atoms with E-state index in [1.807, 2.05) is 0 Å². The molecule has 320 valence electrons. The fourth-order valence-electron chi connectivity index (χ4n) is 6.72. The van der Waals surface area contributed by atoms with Crippen LogP contribution in [0.25, 0.3) is 0 Å². The number of hydrogen-bond acceptors (Lipinski definition) is 4. The lowest BCUT2D eigenvalue weighted by molar-refractivity contribution is -0.154. The zero-order valence-electron chi connectivity index (χ0n) is 36.7. The third-order valence-electron chi connectivity index (χ3n) is 10.3. The molecule has 55 heavy (non-hydrogen) atoms. The van der Waals surface area contributed by atoms with E-state index in [-0.39, 0.29) is 19.2 Å². The molecule has 0 amide bonds. The van der Waals surface area contributed by atoms with Gasteiger partial charge in [-0.1, -0.05) is 203 Å². The van der Waals surface area contributed by atoms with Crippen LogP contribution in [0.5, 0.6) is 0 Å². The van der Waals surface area contributed by atoms with Gasteiger partial charge >= 0.3 is 5.97 Å². The van der Waals surface area contributed by atoms with E-state index in [2.05, 4.69) is 74.6 Å². The van der Waals surface area contributed by atoms with Crippen LogP contribution in [-0.4, -0.2) is 37.0 Å². The summed E-state index contributed by atoms with van der Waals surface area (Å²) in [6.07, 6.45) is 64.3. The minimum atomic E-state index is -0.545. The second-order valence-electron chi connectivity index (χ2n) is 15.8. The van der Waals surface area contributed by atoms with Gasteiger partial charge in [0.15, 0.2) is 0 Å². The number of aliphatic hydroxyl groups excluding tert-OH is 1. The average molecular weight is 769 g/mol. The van der Waals surface area contributed by atoms with Crippen LogP contribution in [0.15, 0.2) is 60.8 Å². The Morgan fingerprint density at radius 3 is 1.15 bits per heavy atom. The summed E-state index contributed by atoms with van der Waals surface area (Å²) in [5, 5.41) is 9.63.